The van der Waals surface area contributed by atoms with E-state index in [0.29, 0.717) is 0 Å². The first-order chi connectivity index (χ1) is 6.72. The third-order valence-corrected chi connectivity index (χ3v) is 10.6. The van der Waals surface area contributed by atoms with E-state index in [1.54, 1.807) is 0 Å². The van der Waals surface area contributed by atoms with Gasteiger partial charge in [-0.3, -0.25) is 0 Å². The first-order valence-electron chi connectivity index (χ1n) is 4.32. The minimum Gasteiger partial charge on any atom is -0.117 e. The molecular weight excluding hydrogens is 287 g/mol. The Morgan fingerprint density at radius 2 is 2.00 bits per heavy atom. The molecule has 0 radical (unpaired) electrons. The van der Waals surface area contributed by atoms with E-state index >= 15 is 0 Å². The van der Waals surface area contributed by atoms with E-state index in [2.05, 4.69) is 0 Å². The number of halogens is 1. The van der Waals surface area contributed by atoms with Gasteiger partial charge in [-0.2, -0.15) is 0 Å². The maximum atomic E-state index is 5.80. The second-order valence-electron chi connectivity index (χ2n) is 2.65. The largest absolute Gasteiger partial charge is 0.117 e. The molecule has 1 unspecified atom stereocenters. The summed E-state index contributed by atoms with van der Waals surface area (Å²) in [6.45, 7) is 0. The second-order valence-corrected chi connectivity index (χ2v) is 13.4. The van der Waals surface area contributed by atoms with Gasteiger partial charge in [-0.25, -0.2) is 0 Å². The van der Waals surface area contributed by atoms with E-state index in [1.165, 1.54) is 26.9 Å². The van der Waals surface area contributed by atoms with Crippen molar-refractivity contribution in [2.45, 2.75) is 10.9 Å². The van der Waals surface area contributed by atoms with Crippen LogP contribution in [0.4, 0.5) is 0 Å². The van der Waals surface area contributed by atoms with E-state index < -0.39 is 5.10 Å². The van der Waals surface area contributed by atoms with Gasteiger partial charge in [0.25, 0.3) is 0 Å². The highest BCUT2D eigenvalue weighted by molar-refractivity contribution is 8.94. The summed E-state index contributed by atoms with van der Waals surface area (Å²) in [6.07, 6.45) is 0. The van der Waals surface area contributed by atoms with Crippen LogP contribution < -0.4 is 0 Å². The van der Waals surface area contributed by atoms with Crippen LogP contribution in [-0.2, 0) is 11.8 Å². The van der Waals surface area contributed by atoms with Crippen LogP contribution >= 0.6 is 39.5 Å². The monoisotopic (exact) mass is 298 g/mol. The zero-order valence-corrected chi connectivity index (χ0v) is 14.0. The maximum absolute atomic E-state index is 5.80. The van der Waals surface area contributed by atoms with Gasteiger partial charge in [-0.05, 0) is 30.0 Å². The molecule has 0 saturated carbocycles. The summed E-state index contributed by atoms with van der Waals surface area (Å²) < 4.78 is 0. The molecule has 1 aromatic rings. The first kappa shape index (κ1) is 13.1. The Morgan fingerprint density at radius 1 is 1.36 bits per heavy atom. The highest BCUT2D eigenvalue weighted by Crippen LogP contribution is 2.54. The van der Waals surface area contributed by atoms with Crippen molar-refractivity contribution in [3.8, 4) is 0 Å². The molecule has 1 atom stereocenters. The van der Waals surface area contributed by atoms with Gasteiger partial charge in [0.2, 0.25) is 0 Å². The van der Waals surface area contributed by atoms with Crippen LogP contribution in [-0.4, -0.2) is 16.0 Å². The minimum absolute atomic E-state index is 0.721. The molecule has 14 heavy (non-hydrogen) atoms. The SMILES string of the molecule is [SiH3]CCS[PH](=S)Sc1ccc(Cl)cc1. The Morgan fingerprint density at radius 3 is 2.57 bits per heavy atom. The Bertz CT molecular complexity index is 304. The highest BCUT2D eigenvalue weighted by Gasteiger charge is 1.98. The molecule has 1 aromatic carbocycles. The van der Waals surface area contributed by atoms with Gasteiger partial charge in [0.1, 0.15) is 0 Å². The molecule has 0 aliphatic heterocycles. The van der Waals surface area contributed by atoms with Crippen LogP contribution in [0.5, 0.6) is 0 Å². The summed E-state index contributed by atoms with van der Waals surface area (Å²) in [4.78, 5) is 1.25. The lowest BCUT2D eigenvalue weighted by atomic mass is 10.4. The minimum atomic E-state index is -0.721. The van der Waals surface area contributed by atoms with Gasteiger partial charge in [-0.15, -0.1) is 11.4 Å². The second kappa shape index (κ2) is 7.37. The molecule has 0 saturated heterocycles. The van der Waals surface area contributed by atoms with Crippen molar-refractivity contribution in [1.82, 2.24) is 0 Å². The van der Waals surface area contributed by atoms with E-state index in [1.807, 2.05) is 47.0 Å². The number of hydrogen-bond donors (Lipinski definition) is 0. The Hall–Kier alpha value is 1.08. The normalized spacial score (nSPS) is 12.9. The zero-order valence-electron chi connectivity index (χ0n) is 7.83. The molecule has 0 N–H and O–H groups in total. The van der Waals surface area contributed by atoms with E-state index in [4.69, 9.17) is 23.4 Å². The highest BCUT2D eigenvalue weighted by atomic mass is 35.5. The van der Waals surface area contributed by atoms with Gasteiger partial charge >= 0.3 is 0 Å². The summed E-state index contributed by atoms with van der Waals surface area (Å²) in [5.41, 5.74) is 0. The lowest BCUT2D eigenvalue weighted by Crippen LogP contribution is -1.70. The summed E-state index contributed by atoms with van der Waals surface area (Å²) in [6, 6.07) is 9.28. The van der Waals surface area contributed by atoms with Crippen LogP contribution in [0, 0.1) is 0 Å². The lowest BCUT2D eigenvalue weighted by molar-refractivity contribution is 1.48. The fraction of sp³-hybridized carbons (Fsp3) is 0.250. The van der Waals surface area contributed by atoms with Crippen LogP contribution in [0.15, 0.2) is 29.2 Å². The molecule has 78 valence electrons. The molecule has 0 aliphatic carbocycles. The van der Waals surface area contributed by atoms with Crippen molar-refractivity contribution in [3.63, 3.8) is 0 Å². The topological polar surface area (TPSA) is 0 Å². The molecule has 0 aromatic heterocycles. The van der Waals surface area contributed by atoms with Crippen LogP contribution in [0.1, 0.15) is 0 Å². The van der Waals surface area contributed by atoms with Gasteiger partial charge in [0.15, 0.2) is 0 Å². The van der Waals surface area contributed by atoms with E-state index in [9.17, 15) is 0 Å². The smallest absolute Gasteiger partial charge is 0.0499 e. The molecule has 1 rings (SSSR count). The van der Waals surface area contributed by atoms with E-state index in [-0.39, 0.29) is 0 Å². The van der Waals surface area contributed by atoms with Crippen molar-refractivity contribution < 1.29 is 0 Å². The van der Waals surface area contributed by atoms with E-state index in [0.717, 1.165) is 5.02 Å². The van der Waals surface area contributed by atoms with Crippen LogP contribution in [0.25, 0.3) is 0 Å². The van der Waals surface area contributed by atoms with Crippen LogP contribution in [0.2, 0.25) is 11.1 Å². The Kier molecular flexibility index (Phi) is 6.92. The van der Waals surface area contributed by atoms with Crippen molar-refractivity contribution in [3.05, 3.63) is 29.3 Å². The summed E-state index contributed by atoms with van der Waals surface area (Å²) >= 11 is 15.0. The lowest BCUT2D eigenvalue weighted by Gasteiger charge is -2.03. The quantitative estimate of drug-likeness (QED) is 0.604. The zero-order chi connectivity index (χ0) is 10.4. The predicted molar refractivity (Wildman–Crippen MR) is 80.2 cm³/mol. The van der Waals surface area contributed by atoms with Crippen LogP contribution in [0.3, 0.4) is 0 Å². The number of benzene rings is 1. The average molecular weight is 299 g/mol. The summed E-state index contributed by atoms with van der Waals surface area (Å²) in [5, 5.41) is 0.0700. The fourth-order valence-electron chi connectivity index (χ4n) is 0.814. The molecule has 0 bridgehead atoms. The van der Waals surface area contributed by atoms with Gasteiger partial charge in [0.05, 0.1) is 0 Å². The van der Waals surface area contributed by atoms with Crippen molar-refractivity contribution in [2.75, 3.05) is 5.75 Å². The summed E-state index contributed by atoms with van der Waals surface area (Å²) in [7, 11) is 1.29. The van der Waals surface area contributed by atoms with Crippen molar-refractivity contribution in [1.29, 1.82) is 0 Å². The summed E-state index contributed by atoms with van der Waals surface area (Å²) in [5.74, 6) is 1.24. The average Bonchev–Trinajstić information content (AvgIpc) is 2.18. The maximum Gasteiger partial charge on any atom is 0.0499 e. The molecule has 6 heteroatoms. The standard InChI is InChI=1S/C8H12ClPS3Si/c9-7-1-3-8(4-2-7)13-10(11)12-5-6-14/h1-4,10H,5-6H2,14H3. The molecule has 0 heterocycles. The molecule has 0 nitrogen and oxygen atoms in total. The molecule has 0 spiro atoms. The van der Waals surface area contributed by atoms with Gasteiger partial charge in [-0.1, -0.05) is 40.8 Å². The number of rotatable bonds is 5. The predicted octanol–water partition coefficient (Wildman–Crippen LogP) is 3.46. The number of hydrogen-bond acceptors (Lipinski definition) is 3. The van der Waals surface area contributed by atoms with Crippen molar-refractivity contribution in [2.24, 2.45) is 0 Å². The van der Waals surface area contributed by atoms with Gasteiger partial charge in [0, 0.05) is 25.3 Å². The molecule has 0 amide bonds. The van der Waals surface area contributed by atoms with Crippen molar-refractivity contribution >= 4 is 61.5 Å². The first-order valence-corrected chi connectivity index (χ1v) is 12.0. The molecule has 0 aliphatic rings. The molecule has 0 fully saturated rings. The third-order valence-electron chi connectivity index (χ3n) is 1.44. The fourth-order valence-corrected chi connectivity index (χ4v) is 9.71. The molecular formula is C8H12ClPS3Si. The Labute approximate surface area is 107 Å². The van der Waals surface area contributed by atoms with Gasteiger partial charge < -0.3 is 0 Å². The third kappa shape index (κ3) is 5.24. The Balaban J connectivity index is 2.44.